The predicted octanol–water partition coefficient (Wildman–Crippen LogP) is 3.35. The third-order valence-electron chi connectivity index (χ3n) is 3.02. The topological polar surface area (TPSA) is 55.4 Å². The van der Waals surface area contributed by atoms with Crippen LogP contribution in [0.1, 0.15) is 11.1 Å². The molecule has 0 radical (unpaired) electrons. The minimum absolute atomic E-state index is 0.0259. The van der Waals surface area contributed by atoms with E-state index in [-0.39, 0.29) is 18.2 Å². The standard InChI is InChI=1S/C18H15ClFNO3/c19-15-10-13(6-8-16(15)20)7-9-17(22)21-11-18(23)24-12-14-4-2-1-3-5-14/h1-10H,11-12H2,(H,21,22)/b9-7+. The molecule has 0 saturated heterocycles. The minimum Gasteiger partial charge on any atom is -0.460 e. The van der Waals surface area contributed by atoms with Crippen LogP contribution in [0.2, 0.25) is 5.02 Å². The fraction of sp³-hybridized carbons (Fsp3) is 0.111. The summed E-state index contributed by atoms with van der Waals surface area (Å²) in [7, 11) is 0. The van der Waals surface area contributed by atoms with Crippen LogP contribution in [-0.4, -0.2) is 18.4 Å². The Morgan fingerprint density at radius 2 is 1.92 bits per heavy atom. The molecule has 2 rings (SSSR count). The van der Waals surface area contributed by atoms with Crippen LogP contribution in [0.3, 0.4) is 0 Å². The van der Waals surface area contributed by atoms with Gasteiger partial charge in [-0.15, -0.1) is 0 Å². The zero-order chi connectivity index (χ0) is 17.4. The van der Waals surface area contributed by atoms with E-state index in [1.165, 1.54) is 30.4 Å². The molecule has 0 atom stereocenters. The van der Waals surface area contributed by atoms with Crippen LogP contribution in [0, 0.1) is 5.82 Å². The Labute approximate surface area is 143 Å². The lowest BCUT2D eigenvalue weighted by molar-refractivity contribution is -0.144. The third-order valence-corrected chi connectivity index (χ3v) is 3.31. The Balaban J connectivity index is 1.75. The van der Waals surface area contributed by atoms with Gasteiger partial charge in [0.1, 0.15) is 19.0 Å². The molecule has 0 aliphatic heterocycles. The second-order valence-corrected chi connectivity index (χ2v) is 5.28. The molecule has 0 aliphatic rings. The van der Waals surface area contributed by atoms with Crippen LogP contribution >= 0.6 is 11.6 Å². The van der Waals surface area contributed by atoms with E-state index in [1.807, 2.05) is 30.3 Å². The van der Waals surface area contributed by atoms with Gasteiger partial charge in [-0.1, -0.05) is 48.0 Å². The van der Waals surface area contributed by atoms with Gasteiger partial charge in [0.15, 0.2) is 0 Å². The maximum atomic E-state index is 13.0. The number of hydrogen-bond acceptors (Lipinski definition) is 3. The number of carbonyl (C=O) groups is 2. The minimum atomic E-state index is -0.537. The van der Waals surface area contributed by atoms with E-state index in [0.717, 1.165) is 5.56 Å². The monoisotopic (exact) mass is 347 g/mol. The number of amides is 1. The second kappa shape index (κ2) is 8.84. The largest absolute Gasteiger partial charge is 0.460 e. The lowest BCUT2D eigenvalue weighted by atomic mass is 10.2. The third kappa shape index (κ3) is 5.85. The van der Waals surface area contributed by atoms with Crippen molar-refractivity contribution in [2.45, 2.75) is 6.61 Å². The predicted molar refractivity (Wildman–Crippen MR) is 89.7 cm³/mol. The Bertz CT molecular complexity index is 747. The fourth-order valence-electron chi connectivity index (χ4n) is 1.80. The van der Waals surface area contributed by atoms with E-state index in [1.54, 1.807) is 0 Å². The maximum Gasteiger partial charge on any atom is 0.325 e. The Morgan fingerprint density at radius 3 is 2.62 bits per heavy atom. The molecule has 0 saturated carbocycles. The van der Waals surface area contributed by atoms with Crippen LogP contribution in [0.4, 0.5) is 4.39 Å². The van der Waals surface area contributed by atoms with Crippen molar-refractivity contribution in [1.82, 2.24) is 5.32 Å². The summed E-state index contributed by atoms with van der Waals surface area (Å²) >= 11 is 5.65. The molecule has 1 N–H and O–H groups in total. The number of benzene rings is 2. The van der Waals surface area contributed by atoms with E-state index >= 15 is 0 Å². The van der Waals surface area contributed by atoms with E-state index < -0.39 is 17.7 Å². The first-order chi connectivity index (χ1) is 11.5. The van der Waals surface area contributed by atoms with Crippen LogP contribution in [-0.2, 0) is 20.9 Å². The van der Waals surface area contributed by atoms with Gasteiger partial charge in [-0.05, 0) is 29.3 Å². The molecule has 24 heavy (non-hydrogen) atoms. The summed E-state index contributed by atoms with van der Waals surface area (Å²) in [6.07, 6.45) is 2.70. The van der Waals surface area contributed by atoms with Gasteiger partial charge in [-0.3, -0.25) is 9.59 Å². The summed E-state index contributed by atoms with van der Waals surface area (Å²) in [6, 6.07) is 13.3. The molecule has 0 aliphatic carbocycles. The Kier molecular flexibility index (Phi) is 6.51. The molecule has 0 aromatic heterocycles. The first-order valence-electron chi connectivity index (χ1n) is 7.15. The van der Waals surface area contributed by atoms with Gasteiger partial charge in [0.25, 0.3) is 0 Å². The van der Waals surface area contributed by atoms with Gasteiger partial charge in [-0.2, -0.15) is 0 Å². The molecule has 0 heterocycles. The molecule has 6 heteroatoms. The number of hydrogen-bond donors (Lipinski definition) is 1. The Morgan fingerprint density at radius 1 is 1.17 bits per heavy atom. The first kappa shape index (κ1) is 17.7. The molecule has 0 unspecified atom stereocenters. The highest BCUT2D eigenvalue weighted by Gasteiger charge is 2.05. The van der Waals surface area contributed by atoms with Gasteiger partial charge >= 0.3 is 5.97 Å². The number of nitrogens with one attached hydrogen (secondary N) is 1. The zero-order valence-corrected chi connectivity index (χ0v) is 13.4. The van der Waals surface area contributed by atoms with Crippen LogP contribution < -0.4 is 5.32 Å². The van der Waals surface area contributed by atoms with Crippen LogP contribution in [0.5, 0.6) is 0 Å². The Hall–Kier alpha value is -2.66. The first-order valence-corrected chi connectivity index (χ1v) is 7.53. The van der Waals surface area contributed by atoms with Crippen LogP contribution in [0.25, 0.3) is 6.08 Å². The van der Waals surface area contributed by atoms with Crippen molar-refractivity contribution in [2.75, 3.05) is 6.54 Å². The summed E-state index contributed by atoms with van der Waals surface area (Å²) < 4.78 is 18.0. The van der Waals surface area contributed by atoms with Gasteiger partial charge in [0.2, 0.25) is 5.91 Å². The summed E-state index contributed by atoms with van der Waals surface area (Å²) in [5.74, 6) is -1.53. The van der Waals surface area contributed by atoms with Gasteiger partial charge in [0, 0.05) is 6.08 Å². The normalized spacial score (nSPS) is 10.6. The van der Waals surface area contributed by atoms with Crippen molar-refractivity contribution in [2.24, 2.45) is 0 Å². The molecule has 0 fully saturated rings. The lowest BCUT2D eigenvalue weighted by Gasteiger charge is -2.05. The zero-order valence-electron chi connectivity index (χ0n) is 12.7. The molecule has 124 valence electrons. The summed E-state index contributed by atoms with van der Waals surface area (Å²) in [5, 5.41) is 2.38. The highest BCUT2D eigenvalue weighted by Crippen LogP contribution is 2.16. The lowest BCUT2D eigenvalue weighted by Crippen LogP contribution is -2.29. The number of halogens is 2. The maximum absolute atomic E-state index is 13.0. The smallest absolute Gasteiger partial charge is 0.325 e. The molecule has 4 nitrogen and oxygen atoms in total. The van der Waals surface area contributed by atoms with E-state index in [2.05, 4.69) is 5.32 Å². The van der Waals surface area contributed by atoms with Gasteiger partial charge < -0.3 is 10.1 Å². The van der Waals surface area contributed by atoms with Crippen molar-refractivity contribution in [3.63, 3.8) is 0 Å². The van der Waals surface area contributed by atoms with Crippen LogP contribution in [0.15, 0.2) is 54.6 Å². The van der Waals surface area contributed by atoms with Crippen molar-refractivity contribution >= 4 is 29.6 Å². The quantitative estimate of drug-likeness (QED) is 0.644. The summed E-state index contributed by atoms with van der Waals surface area (Å²) in [5.41, 5.74) is 1.44. The second-order valence-electron chi connectivity index (χ2n) is 4.87. The van der Waals surface area contributed by atoms with E-state index in [0.29, 0.717) is 5.56 Å². The van der Waals surface area contributed by atoms with Crippen molar-refractivity contribution < 1.29 is 18.7 Å². The molecule has 0 spiro atoms. The molecular weight excluding hydrogens is 333 g/mol. The SMILES string of the molecule is O=C(/C=C/c1ccc(F)c(Cl)c1)NCC(=O)OCc1ccccc1. The van der Waals surface area contributed by atoms with E-state index in [4.69, 9.17) is 16.3 Å². The number of carbonyl (C=O) groups excluding carboxylic acids is 2. The summed E-state index contributed by atoms with van der Waals surface area (Å²) in [6.45, 7) is -0.0837. The van der Waals surface area contributed by atoms with Gasteiger partial charge in [0.05, 0.1) is 5.02 Å². The molecule has 2 aromatic rings. The average Bonchev–Trinajstić information content (AvgIpc) is 2.60. The van der Waals surface area contributed by atoms with Crippen molar-refractivity contribution in [3.05, 3.63) is 76.6 Å². The van der Waals surface area contributed by atoms with Gasteiger partial charge in [-0.25, -0.2) is 4.39 Å². The molecule has 0 bridgehead atoms. The number of rotatable bonds is 6. The average molecular weight is 348 g/mol. The highest BCUT2D eigenvalue weighted by molar-refractivity contribution is 6.30. The van der Waals surface area contributed by atoms with Crippen molar-refractivity contribution in [3.8, 4) is 0 Å². The molecular formula is C18H15ClFNO3. The highest BCUT2D eigenvalue weighted by atomic mass is 35.5. The number of esters is 1. The summed E-state index contributed by atoms with van der Waals surface area (Å²) in [4.78, 5) is 23.2. The van der Waals surface area contributed by atoms with E-state index in [9.17, 15) is 14.0 Å². The number of ether oxygens (including phenoxy) is 1. The van der Waals surface area contributed by atoms with Crippen molar-refractivity contribution in [1.29, 1.82) is 0 Å². The fourth-order valence-corrected chi connectivity index (χ4v) is 1.98. The molecule has 2 aromatic carbocycles. The molecule has 1 amide bonds.